The van der Waals surface area contributed by atoms with Crippen molar-refractivity contribution in [2.45, 2.75) is 26.1 Å². The molecule has 0 amide bonds. The highest BCUT2D eigenvalue weighted by molar-refractivity contribution is 6.32. The van der Waals surface area contributed by atoms with Gasteiger partial charge in [-0.25, -0.2) is 0 Å². The minimum Gasteiger partial charge on any atom is -0.320 e. The maximum Gasteiger partial charge on any atom is 0.416 e. The van der Waals surface area contributed by atoms with Crippen LogP contribution in [0.25, 0.3) is 0 Å². The molecule has 112 valence electrons. The first-order valence-corrected chi connectivity index (χ1v) is 6.78. The van der Waals surface area contributed by atoms with E-state index in [1.165, 1.54) is 6.07 Å². The first-order chi connectivity index (χ1) is 9.71. The number of halogens is 4. The van der Waals surface area contributed by atoms with Crippen LogP contribution in [0, 0.1) is 13.8 Å². The maximum absolute atomic E-state index is 12.7. The number of hydrogen-bond acceptors (Lipinski definition) is 1. The van der Waals surface area contributed by atoms with Crippen LogP contribution >= 0.6 is 11.6 Å². The van der Waals surface area contributed by atoms with Crippen LogP contribution in [0.15, 0.2) is 36.4 Å². The Hall–Kier alpha value is -1.52. The van der Waals surface area contributed by atoms with Crippen molar-refractivity contribution < 1.29 is 13.2 Å². The predicted molar refractivity (Wildman–Crippen MR) is 78.4 cm³/mol. The number of hydrogen-bond donors (Lipinski definition) is 1. The Kier molecular flexibility index (Phi) is 4.30. The molecule has 0 spiro atoms. The van der Waals surface area contributed by atoms with Gasteiger partial charge in [-0.1, -0.05) is 35.9 Å². The number of alkyl halides is 3. The van der Waals surface area contributed by atoms with E-state index < -0.39 is 17.8 Å². The Bertz CT molecular complexity index is 665. The summed E-state index contributed by atoms with van der Waals surface area (Å²) >= 11 is 6.23. The molecule has 0 saturated carbocycles. The summed E-state index contributed by atoms with van der Waals surface area (Å²) < 4.78 is 38.1. The van der Waals surface area contributed by atoms with Gasteiger partial charge in [-0.3, -0.25) is 0 Å². The molecule has 0 fully saturated rings. The molecule has 1 atom stereocenters. The highest BCUT2D eigenvalue weighted by atomic mass is 35.5. The summed E-state index contributed by atoms with van der Waals surface area (Å²) in [5, 5.41) is 0.546. The summed E-state index contributed by atoms with van der Waals surface area (Å²) in [7, 11) is 0. The second-order valence-corrected chi connectivity index (χ2v) is 5.40. The molecule has 0 heterocycles. The molecular weight excluding hydrogens is 299 g/mol. The summed E-state index contributed by atoms with van der Waals surface area (Å²) in [4.78, 5) is 0. The molecule has 2 aromatic carbocycles. The molecule has 2 rings (SSSR count). The van der Waals surface area contributed by atoms with Gasteiger partial charge in [0, 0.05) is 5.02 Å². The maximum atomic E-state index is 12.7. The Morgan fingerprint density at radius 3 is 2.24 bits per heavy atom. The van der Waals surface area contributed by atoms with Crippen LogP contribution < -0.4 is 5.73 Å². The lowest BCUT2D eigenvalue weighted by Crippen LogP contribution is -2.15. The van der Waals surface area contributed by atoms with E-state index in [2.05, 4.69) is 0 Å². The summed E-state index contributed by atoms with van der Waals surface area (Å²) in [6.45, 7) is 3.48. The van der Waals surface area contributed by atoms with Crippen LogP contribution in [0.4, 0.5) is 13.2 Å². The van der Waals surface area contributed by atoms with E-state index >= 15 is 0 Å². The van der Waals surface area contributed by atoms with E-state index in [0.29, 0.717) is 21.7 Å². The molecule has 0 aromatic heterocycles. The molecule has 0 bridgehead atoms. The van der Waals surface area contributed by atoms with E-state index in [-0.39, 0.29) is 0 Å². The van der Waals surface area contributed by atoms with Gasteiger partial charge in [0.05, 0.1) is 11.6 Å². The first kappa shape index (κ1) is 15.9. The number of benzene rings is 2. The molecular formula is C16H15ClF3N. The van der Waals surface area contributed by atoms with Crippen molar-refractivity contribution in [1.29, 1.82) is 0 Å². The lowest BCUT2D eigenvalue weighted by molar-refractivity contribution is -0.137. The van der Waals surface area contributed by atoms with Crippen molar-refractivity contribution in [3.8, 4) is 0 Å². The zero-order chi connectivity index (χ0) is 15.8. The Balaban J connectivity index is 2.45. The highest BCUT2D eigenvalue weighted by Crippen LogP contribution is 2.34. The monoisotopic (exact) mass is 313 g/mol. The SMILES string of the molecule is Cc1cc(C(F)(F)F)ccc1C(N)c1cccc(C)c1Cl. The molecule has 0 aliphatic carbocycles. The second-order valence-electron chi connectivity index (χ2n) is 5.02. The first-order valence-electron chi connectivity index (χ1n) is 6.40. The van der Waals surface area contributed by atoms with Crippen LogP contribution in [0.2, 0.25) is 5.02 Å². The average molecular weight is 314 g/mol. The number of rotatable bonds is 2. The van der Waals surface area contributed by atoms with E-state index in [1.807, 2.05) is 19.1 Å². The van der Waals surface area contributed by atoms with Crippen LogP contribution in [0.3, 0.4) is 0 Å². The van der Waals surface area contributed by atoms with Gasteiger partial charge in [-0.05, 0) is 48.2 Å². The van der Waals surface area contributed by atoms with Crippen LogP contribution in [-0.4, -0.2) is 0 Å². The largest absolute Gasteiger partial charge is 0.416 e. The smallest absolute Gasteiger partial charge is 0.320 e. The van der Waals surface area contributed by atoms with Crippen molar-refractivity contribution in [2.75, 3.05) is 0 Å². The zero-order valence-electron chi connectivity index (χ0n) is 11.6. The fraction of sp³-hybridized carbons (Fsp3) is 0.250. The van der Waals surface area contributed by atoms with Gasteiger partial charge in [0.2, 0.25) is 0 Å². The van der Waals surface area contributed by atoms with Crippen molar-refractivity contribution in [2.24, 2.45) is 5.73 Å². The third kappa shape index (κ3) is 3.22. The van der Waals surface area contributed by atoms with Crippen LogP contribution in [0.1, 0.15) is 33.9 Å². The molecule has 0 aliphatic rings. The van der Waals surface area contributed by atoms with Gasteiger partial charge in [0.1, 0.15) is 0 Å². The molecule has 0 saturated heterocycles. The third-order valence-corrected chi connectivity index (χ3v) is 4.01. The van der Waals surface area contributed by atoms with Crippen molar-refractivity contribution in [3.63, 3.8) is 0 Å². The molecule has 5 heteroatoms. The van der Waals surface area contributed by atoms with Crippen molar-refractivity contribution >= 4 is 11.6 Å². The molecule has 1 nitrogen and oxygen atoms in total. The van der Waals surface area contributed by atoms with Gasteiger partial charge in [0.15, 0.2) is 0 Å². The number of nitrogens with two attached hydrogens (primary N) is 1. The summed E-state index contributed by atoms with van der Waals surface area (Å²) in [5.74, 6) is 0. The summed E-state index contributed by atoms with van der Waals surface area (Å²) in [5.41, 5.74) is 8.23. The van der Waals surface area contributed by atoms with E-state index in [1.54, 1.807) is 13.0 Å². The normalized spacial score (nSPS) is 13.3. The summed E-state index contributed by atoms with van der Waals surface area (Å²) in [6.07, 6.45) is -4.35. The second kappa shape index (κ2) is 5.70. The topological polar surface area (TPSA) is 26.0 Å². The molecule has 21 heavy (non-hydrogen) atoms. The molecule has 2 N–H and O–H groups in total. The van der Waals surface area contributed by atoms with Crippen molar-refractivity contribution in [3.05, 3.63) is 69.2 Å². The lowest BCUT2D eigenvalue weighted by Gasteiger charge is -2.19. The average Bonchev–Trinajstić information content (AvgIpc) is 2.40. The third-order valence-electron chi connectivity index (χ3n) is 3.49. The Morgan fingerprint density at radius 1 is 1.00 bits per heavy atom. The van der Waals surface area contributed by atoms with Gasteiger partial charge in [0.25, 0.3) is 0 Å². The molecule has 0 aliphatic heterocycles. The van der Waals surface area contributed by atoms with Gasteiger partial charge < -0.3 is 5.73 Å². The highest BCUT2D eigenvalue weighted by Gasteiger charge is 2.31. The van der Waals surface area contributed by atoms with Gasteiger partial charge in [-0.15, -0.1) is 0 Å². The molecule has 2 aromatic rings. The fourth-order valence-corrected chi connectivity index (χ4v) is 2.52. The Morgan fingerprint density at radius 2 is 1.67 bits per heavy atom. The van der Waals surface area contributed by atoms with Gasteiger partial charge in [-0.2, -0.15) is 13.2 Å². The zero-order valence-corrected chi connectivity index (χ0v) is 12.4. The molecule has 1 unspecified atom stereocenters. The van der Waals surface area contributed by atoms with E-state index in [0.717, 1.165) is 17.7 Å². The molecule has 0 radical (unpaired) electrons. The number of aryl methyl sites for hydroxylation is 2. The van der Waals surface area contributed by atoms with E-state index in [9.17, 15) is 13.2 Å². The quantitative estimate of drug-likeness (QED) is 0.827. The van der Waals surface area contributed by atoms with E-state index in [4.69, 9.17) is 17.3 Å². The van der Waals surface area contributed by atoms with Gasteiger partial charge >= 0.3 is 6.18 Å². The van der Waals surface area contributed by atoms with Crippen LogP contribution in [-0.2, 0) is 6.18 Å². The standard InChI is InChI=1S/C16H15ClF3N/c1-9-4-3-5-13(14(9)17)15(21)12-7-6-11(8-10(12)2)16(18,19)20/h3-8,15H,21H2,1-2H3. The fourth-order valence-electron chi connectivity index (χ4n) is 2.28. The lowest BCUT2D eigenvalue weighted by atomic mass is 9.93. The summed E-state index contributed by atoms with van der Waals surface area (Å²) in [6, 6.07) is 8.50. The predicted octanol–water partition coefficient (Wildman–Crippen LogP) is 5.02. The minimum absolute atomic E-state index is 0.495. The van der Waals surface area contributed by atoms with Crippen molar-refractivity contribution in [1.82, 2.24) is 0 Å². The Labute approximate surface area is 126 Å². The minimum atomic E-state index is -4.35. The van der Waals surface area contributed by atoms with Crippen LogP contribution in [0.5, 0.6) is 0 Å².